The van der Waals surface area contributed by atoms with E-state index in [2.05, 4.69) is 6.07 Å². The smallest absolute Gasteiger partial charge is 0.133 e. The fourth-order valence-corrected chi connectivity index (χ4v) is 5.74. The highest BCUT2D eigenvalue weighted by molar-refractivity contribution is 8.41. The standard InChI is InChI=1S/C5H5NS3/c6-3-4-5(9-4)7-1-2-8-5/h4H,1-2H2. The van der Waals surface area contributed by atoms with E-state index in [1.165, 1.54) is 11.5 Å². The summed E-state index contributed by atoms with van der Waals surface area (Å²) in [6, 6.07) is 2.29. The Morgan fingerprint density at radius 3 is 2.56 bits per heavy atom. The molecule has 1 spiro atoms. The van der Waals surface area contributed by atoms with Crippen molar-refractivity contribution in [3.63, 3.8) is 0 Å². The Hall–Kier alpha value is 0.540. The van der Waals surface area contributed by atoms with Crippen LogP contribution in [0.4, 0.5) is 0 Å². The van der Waals surface area contributed by atoms with Gasteiger partial charge in [0.25, 0.3) is 0 Å². The largest absolute Gasteiger partial charge is 0.197 e. The first-order valence-electron chi connectivity index (χ1n) is 2.73. The summed E-state index contributed by atoms with van der Waals surface area (Å²) >= 11 is 5.70. The maximum Gasteiger partial charge on any atom is 0.133 e. The fraction of sp³-hybridized carbons (Fsp3) is 0.800. The van der Waals surface area contributed by atoms with Crippen molar-refractivity contribution in [2.75, 3.05) is 11.5 Å². The Morgan fingerprint density at radius 2 is 2.11 bits per heavy atom. The van der Waals surface area contributed by atoms with Crippen molar-refractivity contribution in [2.24, 2.45) is 0 Å². The highest BCUT2D eigenvalue weighted by atomic mass is 32.3. The molecule has 0 aromatic carbocycles. The van der Waals surface area contributed by atoms with E-state index in [0.29, 0.717) is 3.41 Å². The molecule has 1 atom stereocenters. The lowest BCUT2D eigenvalue weighted by molar-refractivity contribution is 1.29. The second-order valence-electron chi connectivity index (χ2n) is 1.93. The molecular weight excluding hydrogens is 170 g/mol. The third-order valence-electron chi connectivity index (χ3n) is 1.35. The van der Waals surface area contributed by atoms with Crippen molar-refractivity contribution in [3.05, 3.63) is 0 Å². The number of thioether (sulfide) groups is 3. The van der Waals surface area contributed by atoms with Crippen LogP contribution in [0.25, 0.3) is 0 Å². The zero-order valence-electron chi connectivity index (χ0n) is 4.66. The van der Waals surface area contributed by atoms with Crippen LogP contribution >= 0.6 is 35.3 Å². The van der Waals surface area contributed by atoms with Gasteiger partial charge in [-0.05, 0) is 0 Å². The molecule has 2 aliphatic rings. The molecule has 2 aliphatic heterocycles. The second kappa shape index (κ2) is 2.01. The number of nitriles is 1. The van der Waals surface area contributed by atoms with Crippen LogP contribution in [0.2, 0.25) is 0 Å². The van der Waals surface area contributed by atoms with Crippen LogP contribution in [0, 0.1) is 11.3 Å². The minimum Gasteiger partial charge on any atom is -0.197 e. The van der Waals surface area contributed by atoms with Crippen molar-refractivity contribution < 1.29 is 0 Å². The average Bonchev–Trinajstić information content (AvgIpc) is 2.30. The molecule has 4 heteroatoms. The van der Waals surface area contributed by atoms with Gasteiger partial charge in [-0.15, -0.1) is 35.3 Å². The monoisotopic (exact) mass is 175 g/mol. The van der Waals surface area contributed by atoms with Crippen LogP contribution in [-0.4, -0.2) is 20.2 Å². The van der Waals surface area contributed by atoms with Crippen molar-refractivity contribution in [1.29, 1.82) is 5.26 Å². The van der Waals surface area contributed by atoms with Crippen LogP contribution in [0.3, 0.4) is 0 Å². The first kappa shape index (κ1) is 6.26. The molecule has 1 unspecified atom stereocenters. The van der Waals surface area contributed by atoms with Gasteiger partial charge in [-0.3, -0.25) is 0 Å². The zero-order valence-corrected chi connectivity index (χ0v) is 7.11. The molecule has 0 radical (unpaired) electrons. The molecule has 0 saturated carbocycles. The lowest BCUT2D eigenvalue weighted by Gasteiger charge is -1.96. The molecule has 0 aromatic rings. The molecule has 0 bridgehead atoms. The zero-order chi connectivity index (χ0) is 6.32. The van der Waals surface area contributed by atoms with E-state index in [1.807, 2.05) is 35.3 Å². The molecule has 48 valence electrons. The van der Waals surface area contributed by atoms with Gasteiger partial charge in [0.1, 0.15) is 8.66 Å². The number of hydrogen-bond acceptors (Lipinski definition) is 4. The van der Waals surface area contributed by atoms with Crippen LogP contribution in [-0.2, 0) is 0 Å². The summed E-state index contributed by atoms with van der Waals surface area (Å²) in [4.78, 5) is 0. The normalized spacial score (nSPS) is 36.6. The summed E-state index contributed by atoms with van der Waals surface area (Å²) in [6.07, 6.45) is 0. The Labute approximate surface area is 66.9 Å². The Balaban J connectivity index is 2.07. The van der Waals surface area contributed by atoms with E-state index < -0.39 is 0 Å². The van der Waals surface area contributed by atoms with Gasteiger partial charge in [0.05, 0.1) is 6.07 Å². The number of rotatable bonds is 0. The van der Waals surface area contributed by atoms with E-state index >= 15 is 0 Å². The van der Waals surface area contributed by atoms with E-state index in [-0.39, 0.29) is 5.25 Å². The van der Waals surface area contributed by atoms with E-state index in [9.17, 15) is 0 Å². The maximum atomic E-state index is 8.53. The van der Waals surface area contributed by atoms with Crippen LogP contribution in [0.5, 0.6) is 0 Å². The Bertz CT molecular complexity index is 168. The van der Waals surface area contributed by atoms with Crippen molar-refractivity contribution >= 4 is 35.3 Å². The molecule has 2 saturated heterocycles. The lowest BCUT2D eigenvalue weighted by atomic mass is 10.5. The maximum absolute atomic E-state index is 8.53. The highest BCUT2D eigenvalue weighted by Gasteiger charge is 2.59. The van der Waals surface area contributed by atoms with Gasteiger partial charge in [-0.2, -0.15) is 5.26 Å². The predicted octanol–water partition coefficient (Wildman–Crippen LogP) is 1.76. The van der Waals surface area contributed by atoms with Crippen molar-refractivity contribution in [1.82, 2.24) is 0 Å². The van der Waals surface area contributed by atoms with Gasteiger partial charge in [0.2, 0.25) is 0 Å². The first-order chi connectivity index (χ1) is 4.37. The molecule has 0 aromatic heterocycles. The summed E-state index contributed by atoms with van der Waals surface area (Å²) < 4.78 is 0.300. The lowest BCUT2D eigenvalue weighted by Crippen LogP contribution is -1.95. The number of hydrogen-bond donors (Lipinski definition) is 0. The minimum absolute atomic E-state index is 0.287. The highest BCUT2D eigenvalue weighted by Crippen LogP contribution is 2.70. The summed E-state index contributed by atoms with van der Waals surface area (Å²) in [6.45, 7) is 0. The van der Waals surface area contributed by atoms with Gasteiger partial charge in [0, 0.05) is 11.5 Å². The summed E-state index contributed by atoms with van der Waals surface area (Å²) in [5, 5.41) is 8.82. The Morgan fingerprint density at radius 1 is 1.44 bits per heavy atom. The molecule has 9 heavy (non-hydrogen) atoms. The first-order valence-corrected chi connectivity index (χ1v) is 5.58. The van der Waals surface area contributed by atoms with Gasteiger partial charge in [-0.25, -0.2) is 0 Å². The molecule has 0 aliphatic carbocycles. The topological polar surface area (TPSA) is 23.8 Å². The van der Waals surface area contributed by atoms with Crippen LogP contribution < -0.4 is 0 Å². The fourth-order valence-electron chi connectivity index (χ4n) is 0.865. The third kappa shape index (κ3) is 0.866. The van der Waals surface area contributed by atoms with Crippen LogP contribution in [0.15, 0.2) is 0 Å². The predicted molar refractivity (Wildman–Crippen MR) is 44.6 cm³/mol. The molecule has 2 fully saturated rings. The van der Waals surface area contributed by atoms with E-state index in [1.54, 1.807) is 0 Å². The van der Waals surface area contributed by atoms with Gasteiger partial charge in [0.15, 0.2) is 0 Å². The van der Waals surface area contributed by atoms with Crippen LogP contribution in [0.1, 0.15) is 0 Å². The van der Waals surface area contributed by atoms with E-state index in [0.717, 1.165) is 0 Å². The van der Waals surface area contributed by atoms with Crippen molar-refractivity contribution in [3.8, 4) is 6.07 Å². The summed E-state index contributed by atoms with van der Waals surface area (Å²) in [5.74, 6) is 2.46. The summed E-state index contributed by atoms with van der Waals surface area (Å²) in [7, 11) is 0. The molecule has 0 amide bonds. The summed E-state index contributed by atoms with van der Waals surface area (Å²) in [5.41, 5.74) is 0. The van der Waals surface area contributed by atoms with Crippen molar-refractivity contribution in [2.45, 2.75) is 8.66 Å². The minimum atomic E-state index is 0.287. The second-order valence-corrected chi connectivity index (χ2v) is 6.74. The molecule has 0 N–H and O–H groups in total. The molecule has 2 rings (SSSR count). The third-order valence-corrected chi connectivity index (χ3v) is 7.00. The Kier molecular flexibility index (Phi) is 1.40. The molecule has 2 heterocycles. The average molecular weight is 175 g/mol. The number of nitrogens with zero attached hydrogens (tertiary/aromatic N) is 1. The SMILES string of the molecule is N#CC1SC12SCCS2. The van der Waals surface area contributed by atoms with Gasteiger partial charge >= 0.3 is 0 Å². The molecule has 1 nitrogen and oxygen atoms in total. The van der Waals surface area contributed by atoms with Gasteiger partial charge in [-0.1, -0.05) is 0 Å². The molecular formula is C5H5NS3. The van der Waals surface area contributed by atoms with E-state index in [4.69, 9.17) is 5.26 Å². The quantitative estimate of drug-likeness (QED) is 0.523. The van der Waals surface area contributed by atoms with Gasteiger partial charge < -0.3 is 0 Å².